The standard InChI is InChI=1S/C12H25N/c1-9(2)7-8-11(4,5)12(6)10(3)13-12/h9-10,13H,7-8H2,1-6H3. The van der Waals surface area contributed by atoms with Crippen molar-refractivity contribution in [1.29, 1.82) is 0 Å². The van der Waals surface area contributed by atoms with Crippen LogP contribution in [0.2, 0.25) is 0 Å². The second-order valence-electron chi connectivity index (χ2n) is 5.88. The first-order chi connectivity index (χ1) is 5.79. The zero-order valence-electron chi connectivity index (χ0n) is 10.1. The van der Waals surface area contributed by atoms with E-state index in [4.69, 9.17) is 0 Å². The van der Waals surface area contributed by atoms with Crippen molar-refractivity contribution in [2.75, 3.05) is 0 Å². The molecule has 1 rings (SSSR count). The van der Waals surface area contributed by atoms with Crippen molar-refractivity contribution < 1.29 is 0 Å². The third-order valence-electron chi connectivity index (χ3n) is 4.05. The third kappa shape index (κ3) is 2.07. The molecule has 78 valence electrons. The summed E-state index contributed by atoms with van der Waals surface area (Å²) < 4.78 is 0. The van der Waals surface area contributed by atoms with E-state index in [2.05, 4.69) is 46.9 Å². The molecule has 2 unspecified atom stereocenters. The predicted octanol–water partition coefficient (Wildman–Crippen LogP) is 3.20. The maximum Gasteiger partial charge on any atom is 0.0358 e. The summed E-state index contributed by atoms with van der Waals surface area (Å²) in [6, 6.07) is 0.703. The lowest BCUT2D eigenvalue weighted by molar-refractivity contribution is 0.226. The lowest BCUT2D eigenvalue weighted by atomic mass is 9.73. The molecule has 1 N–H and O–H groups in total. The molecule has 2 atom stereocenters. The fourth-order valence-electron chi connectivity index (χ4n) is 2.10. The van der Waals surface area contributed by atoms with E-state index in [0.29, 0.717) is 17.0 Å². The van der Waals surface area contributed by atoms with Gasteiger partial charge in [-0.2, -0.15) is 0 Å². The minimum Gasteiger partial charge on any atom is -0.305 e. The molecular formula is C12H25N. The smallest absolute Gasteiger partial charge is 0.0358 e. The topological polar surface area (TPSA) is 21.9 Å². The van der Waals surface area contributed by atoms with E-state index in [9.17, 15) is 0 Å². The Labute approximate surface area is 83.3 Å². The summed E-state index contributed by atoms with van der Waals surface area (Å²) in [5.41, 5.74) is 0.832. The first-order valence-corrected chi connectivity index (χ1v) is 5.57. The normalized spacial score (nSPS) is 33.9. The van der Waals surface area contributed by atoms with E-state index in [1.54, 1.807) is 0 Å². The van der Waals surface area contributed by atoms with Crippen LogP contribution < -0.4 is 5.32 Å². The number of rotatable bonds is 4. The minimum atomic E-state index is 0.391. The van der Waals surface area contributed by atoms with Crippen molar-refractivity contribution in [3.8, 4) is 0 Å². The highest BCUT2D eigenvalue weighted by Gasteiger charge is 2.55. The molecule has 13 heavy (non-hydrogen) atoms. The molecule has 0 aliphatic carbocycles. The molecule has 0 aromatic carbocycles. The molecule has 1 fully saturated rings. The summed E-state index contributed by atoms with van der Waals surface area (Å²) in [4.78, 5) is 0. The first-order valence-electron chi connectivity index (χ1n) is 5.57. The summed E-state index contributed by atoms with van der Waals surface area (Å²) in [6.07, 6.45) is 2.68. The largest absolute Gasteiger partial charge is 0.305 e. The lowest BCUT2D eigenvalue weighted by Crippen LogP contribution is -2.34. The van der Waals surface area contributed by atoms with Crippen LogP contribution in [0.1, 0.15) is 54.4 Å². The van der Waals surface area contributed by atoms with Crippen LogP contribution in [0.3, 0.4) is 0 Å². The Bertz CT molecular complexity index is 184. The molecular weight excluding hydrogens is 158 g/mol. The number of hydrogen-bond donors (Lipinski definition) is 1. The van der Waals surface area contributed by atoms with Gasteiger partial charge in [-0.1, -0.05) is 34.1 Å². The van der Waals surface area contributed by atoms with Gasteiger partial charge >= 0.3 is 0 Å². The van der Waals surface area contributed by atoms with Crippen LogP contribution in [0.4, 0.5) is 0 Å². The SMILES string of the molecule is CC(C)CCC(C)(C)C1(C)NC1C. The molecule has 1 aliphatic heterocycles. The van der Waals surface area contributed by atoms with Crippen molar-refractivity contribution in [3.63, 3.8) is 0 Å². The molecule has 1 saturated heterocycles. The summed E-state index contributed by atoms with van der Waals surface area (Å²) in [5, 5.41) is 3.57. The second-order valence-corrected chi connectivity index (χ2v) is 5.88. The highest BCUT2D eigenvalue weighted by molar-refractivity contribution is 5.16. The summed E-state index contributed by atoms with van der Waals surface area (Å²) in [6.45, 7) is 14.1. The second kappa shape index (κ2) is 3.27. The van der Waals surface area contributed by atoms with Gasteiger partial charge in [0.2, 0.25) is 0 Å². The zero-order chi connectivity index (χ0) is 10.3. The van der Waals surface area contributed by atoms with Gasteiger partial charge in [0.25, 0.3) is 0 Å². The zero-order valence-corrected chi connectivity index (χ0v) is 10.1. The van der Waals surface area contributed by atoms with Crippen molar-refractivity contribution in [3.05, 3.63) is 0 Å². The Kier molecular flexibility index (Phi) is 2.78. The molecule has 0 saturated carbocycles. The van der Waals surface area contributed by atoms with Gasteiger partial charge in [0.05, 0.1) is 0 Å². The monoisotopic (exact) mass is 183 g/mol. The molecule has 0 aromatic rings. The van der Waals surface area contributed by atoms with Gasteiger partial charge in [-0.05, 0) is 31.6 Å². The van der Waals surface area contributed by atoms with Crippen LogP contribution in [0, 0.1) is 11.3 Å². The molecule has 0 spiro atoms. The average Bonchev–Trinajstić information content (AvgIpc) is 2.58. The van der Waals surface area contributed by atoms with E-state index in [0.717, 1.165) is 5.92 Å². The number of nitrogens with one attached hydrogen (secondary N) is 1. The molecule has 0 radical (unpaired) electrons. The summed E-state index contributed by atoms with van der Waals surface area (Å²) >= 11 is 0. The van der Waals surface area contributed by atoms with Gasteiger partial charge in [-0.15, -0.1) is 0 Å². The van der Waals surface area contributed by atoms with Gasteiger partial charge in [0, 0.05) is 11.6 Å². The van der Waals surface area contributed by atoms with E-state index >= 15 is 0 Å². The van der Waals surface area contributed by atoms with Gasteiger partial charge < -0.3 is 5.32 Å². The third-order valence-corrected chi connectivity index (χ3v) is 4.05. The van der Waals surface area contributed by atoms with E-state index in [1.807, 2.05) is 0 Å². The van der Waals surface area contributed by atoms with E-state index in [-0.39, 0.29) is 0 Å². The van der Waals surface area contributed by atoms with Crippen LogP contribution in [0.5, 0.6) is 0 Å². The molecule has 0 amide bonds. The lowest BCUT2D eigenvalue weighted by Gasteiger charge is -2.32. The molecule has 1 heteroatoms. The van der Waals surface area contributed by atoms with Crippen LogP contribution in [-0.2, 0) is 0 Å². The average molecular weight is 183 g/mol. The van der Waals surface area contributed by atoms with Crippen molar-refractivity contribution in [1.82, 2.24) is 5.32 Å². The molecule has 1 nitrogen and oxygen atoms in total. The van der Waals surface area contributed by atoms with Gasteiger partial charge in [-0.25, -0.2) is 0 Å². The Balaban J connectivity index is 2.47. The highest BCUT2D eigenvalue weighted by Crippen LogP contribution is 2.46. The summed E-state index contributed by atoms with van der Waals surface area (Å²) in [7, 11) is 0. The Morgan fingerprint density at radius 3 is 2.15 bits per heavy atom. The minimum absolute atomic E-state index is 0.391. The Morgan fingerprint density at radius 1 is 1.38 bits per heavy atom. The van der Waals surface area contributed by atoms with E-state index < -0.39 is 0 Å². The van der Waals surface area contributed by atoms with Crippen LogP contribution in [0.15, 0.2) is 0 Å². The van der Waals surface area contributed by atoms with E-state index in [1.165, 1.54) is 12.8 Å². The maximum absolute atomic E-state index is 3.57. The number of hydrogen-bond acceptors (Lipinski definition) is 1. The summed E-state index contributed by atoms with van der Waals surface area (Å²) in [5.74, 6) is 0.830. The molecule has 0 bridgehead atoms. The van der Waals surface area contributed by atoms with Gasteiger partial charge in [-0.3, -0.25) is 0 Å². The van der Waals surface area contributed by atoms with Crippen LogP contribution in [0.25, 0.3) is 0 Å². The molecule has 1 heterocycles. The quantitative estimate of drug-likeness (QED) is 0.664. The van der Waals surface area contributed by atoms with Gasteiger partial charge in [0.15, 0.2) is 0 Å². The van der Waals surface area contributed by atoms with Crippen LogP contribution in [-0.4, -0.2) is 11.6 Å². The van der Waals surface area contributed by atoms with Crippen molar-refractivity contribution in [2.45, 2.75) is 66.0 Å². The van der Waals surface area contributed by atoms with Gasteiger partial charge in [0.1, 0.15) is 0 Å². The predicted molar refractivity (Wildman–Crippen MR) is 58.9 cm³/mol. The Hall–Kier alpha value is -0.0400. The molecule has 1 aliphatic rings. The van der Waals surface area contributed by atoms with Crippen molar-refractivity contribution in [2.24, 2.45) is 11.3 Å². The fraction of sp³-hybridized carbons (Fsp3) is 1.00. The first kappa shape index (κ1) is 11.0. The Morgan fingerprint density at radius 2 is 1.85 bits per heavy atom. The maximum atomic E-state index is 3.57. The highest BCUT2D eigenvalue weighted by atomic mass is 15.2. The van der Waals surface area contributed by atoms with Crippen LogP contribution >= 0.6 is 0 Å². The van der Waals surface area contributed by atoms with Crippen molar-refractivity contribution >= 4 is 0 Å². The fourth-order valence-corrected chi connectivity index (χ4v) is 2.10. The molecule has 0 aromatic heterocycles.